The van der Waals surface area contributed by atoms with E-state index in [4.69, 9.17) is 26.6 Å². The summed E-state index contributed by atoms with van der Waals surface area (Å²) >= 11 is 0. The third-order valence-corrected chi connectivity index (χ3v) is 9.35. The average molecular weight is 371 g/mol. The zero-order valence-electron chi connectivity index (χ0n) is 16.6. The summed E-state index contributed by atoms with van der Waals surface area (Å²) in [6.07, 6.45) is 0. The molecule has 0 aliphatic heterocycles. The molecule has 0 spiro atoms. The van der Waals surface area contributed by atoms with Gasteiger partial charge in [0.05, 0.1) is 0 Å². The van der Waals surface area contributed by atoms with Gasteiger partial charge in [0.1, 0.15) is 0 Å². The molecule has 0 N–H and O–H groups in total. The first-order valence-electron chi connectivity index (χ1n) is 8.41. The molecule has 0 fully saturated rings. The molecule has 0 aliphatic carbocycles. The van der Waals surface area contributed by atoms with Crippen molar-refractivity contribution in [2.24, 2.45) is 5.92 Å². The van der Waals surface area contributed by atoms with Crippen molar-refractivity contribution in [3.8, 4) is 0 Å². The van der Waals surface area contributed by atoms with E-state index in [2.05, 4.69) is 13.8 Å². The molecular weight excluding hydrogens is 332 g/mol. The van der Waals surface area contributed by atoms with Gasteiger partial charge in [0, 0.05) is 53.2 Å². The van der Waals surface area contributed by atoms with Gasteiger partial charge in [0.15, 0.2) is 0 Å². The van der Waals surface area contributed by atoms with Crippen LogP contribution in [0.25, 0.3) is 0 Å². The summed E-state index contributed by atoms with van der Waals surface area (Å²) in [4.78, 5) is 0. The highest BCUT2D eigenvalue weighted by atomic mass is 28.4. The van der Waals surface area contributed by atoms with Gasteiger partial charge >= 0.3 is 17.6 Å². The van der Waals surface area contributed by atoms with Crippen molar-refractivity contribution in [1.29, 1.82) is 0 Å². The second-order valence-corrected chi connectivity index (χ2v) is 11.2. The lowest BCUT2D eigenvalue weighted by Crippen LogP contribution is -2.45. The summed E-state index contributed by atoms with van der Waals surface area (Å²) in [5.41, 5.74) is 0. The molecule has 0 unspecified atom stereocenters. The Morgan fingerprint density at radius 3 is 1.13 bits per heavy atom. The van der Waals surface area contributed by atoms with E-state index in [1.807, 2.05) is 27.7 Å². The Kier molecular flexibility index (Phi) is 16.1. The van der Waals surface area contributed by atoms with Gasteiger partial charge in [-0.15, -0.1) is 0 Å². The van der Waals surface area contributed by atoms with Crippen LogP contribution in [0.2, 0.25) is 12.1 Å². The van der Waals surface area contributed by atoms with Crippen molar-refractivity contribution in [3.05, 3.63) is 0 Å². The SMILES string of the molecule is CCO[Si](CC)(OCC)OCC.CO[Si](CC(C)C)(OC)OC. The molecule has 0 saturated heterocycles. The number of rotatable bonds is 12. The minimum Gasteiger partial charge on any atom is -0.377 e. The Balaban J connectivity index is 0. The first-order valence-corrected chi connectivity index (χ1v) is 12.3. The Hall–Kier alpha value is 0.194. The topological polar surface area (TPSA) is 55.4 Å². The van der Waals surface area contributed by atoms with Gasteiger partial charge in [-0.05, 0) is 26.7 Å². The molecule has 0 atom stereocenters. The normalized spacial score (nSPS) is 12.3. The molecule has 0 amide bonds. The van der Waals surface area contributed by atoms with Crippen LogP contribution in [-0.2, 0) is 26.6 Å². The molecule has 0 heterocycles. The fourth-order valence-corrected chi connectivity index (χ4v) is 6.27. The van der Waals surface area contributed by atoms with E-state index in [1.54, 1.807) is 21.3 Å². The molecule has 142 valence electrons. The Morgan fingerprint density at radius 2 is 1.00 bits per heavy atom. The first-order chi connectivity index (χ1) is 10.8. The molecule has 0 radical (unpaired) electrons. The summed E-state index contributed by atoms with van der Waals surface area (Å²) in [6.45, 7) is 14.2. The largest absolute Gasteiger partial charge is 0.500 e. The first kappa shape index (κ1) is 25.4. The van der Waals surface area contributed by atoms with Gasteiger partial charge in [-0.25, -0.2) is 0 Å². The van der Waals surface area contributed by atoms with Gasteiger partial charge in [-0.2, -0.15) is 0 Å². The highest BCUT2D eigenvalue weighted by Gasteiger charge is 2.38. The van der Waals surface area contributed by atoms with Crippen molar-refractivity contribution in [2.75, 3.05) is 41.2 Å². The molecule has 8 heteroatoms. The highest BCUT2D eigenvalue weighted by molar-refractivity contribution is 6.60. The van der Waals surface area contributed by atoms with E-state index in [0.717, 1.165) is 12.1 Å². The number of hydrogen-bond acceptors (Lipinski definition) is 6. The maximum atomic E-state index is 5.55. The summed E-state index contributed by atoms with van der Waals surface area (Å²) in [6, 6.07) is 1.72. The summed E-state index contributed by atoms with van der Waals surface area (Å²) < 4.78 is 32.4. The van der Waals surface area contributed by atoms with E-state index in [9.17, 15) is 0 Å². The lowest BCUT2D eigenvalue weighted by molar-refractivity contribution is 0.0725. The minimum absolute atomic E-state index is 0.543. The molecule has 0 aliphatic rings. The Labute approximate surface area is 145 Å². The van der Waals surface area contributed by atoms with E-state index < -0.39 is 17.6 Å². The van der Waals surface area contributed by atoms with Gasteiger partial charge < -0.3 is 26.6 Å². The molecule has 0 rings (SSSR count). The van der Waals surface area contributed by atoms with E-state index in [-0.39, 0.29) is 0 Å². The van der Waals surface area contributed by atoms with E-state index in [0.29, 0.717) is 25.7 Å². The van der Waals surface area contributed by atoms with Crippen molar-refractivity contribution in [3.63, 3.8) is 0 Å². The standard InChI is InChI=1S/C8H20O3Si.C7H18O3Si/c1-5-9-12(8-4,10-6-2)11-7-3;1-7(2)6-11(8-3,9-4)10-5/h5-8H2,1-4H3;7H,6H2,1-5H3. The van der Waals surface area contributed by atoms with Gasteiger partial charge in [-0.3, -0.25) is 0 Å². The van der Waals surface area contributed by atoms with Crippen LogP contribution in [0.5, 0.6) is 0 Å². The minimum atomic E-state index is -2.28. The molecule has 23 heavy (non-hydrogen) atoms. The quantitative estimate of drug-likeness (QED) is 0.490. The smallest absolute Gasteiger partial charge is 0.377 e. The second-order valence-electron chi connectivity index (χ2n) is 5.23. The maximum absolute atomic E-state index is 5.55. The van der Waals surface area contributed by atoms with E-state index >= 15 is 0 Å². The van der Waals surface area contributed by atoms with Crippen molar-refractivity contribution in [2.45, 2.75) is 53.6 Å². The molecule has 0 saturated carbocycles. The van der Waals surface area contributed by atoms with Crippen LogP contribution in [0.15, 0.2) is 0 Å². The molecular formula is C15H38O6Si2. The molecule has 0 bridgehead atoms. The van der Waals surface area contributed by atoms with Crippen LogP contribution in [0.1, 0.15) is 41.5 Å². The highest BCUT2D eigenvalue weighted by Crippen LogP contribution is 2.18. The van der Waals surface area contributed by atoms with Crippen LogP contribution in [0, 0.1) is 5.92 Å². The van der Waals surface area contributed by atoms with Crippen molar-refractivity contribution >= 4 is 17.6 Å². The van der Waals surface area contributed by atoms with Gasteiger partial charge in [0.2, 0.25) is 0 Å². The zero-order valence-corrected chi connectivity index (χ0v) is 18.6. The van der Waals surface area contributed by atoms with Crippen LogP contribution >= 0.6 is 0 Å². The summed E-state index contributed by atoms with van der Waals surface area (Å²) in [5.74, 6) is 0.543. The predicted molar refractivity (Wildman–Crippen MR) is 97.5 cm³/mol. The lowest BCUT2D eigenvalue weighted by atomic mass is 10.3. The van der Waals surface area contributed by atoms with Crippen LogP contribution in [-0.4, -0.2) is 58.8 Å². The van der Waals surface area contributed by atoms with Gasteiger partial charge in [-0.1, -0.05) is 20.8 Å². The molecule has 0 aromatic carbocycles. The zero-order chi connectivity index (χ0) is 18.4. The van der Waals surface area contributed by atoms with Gasteiger partial charge in [0.25, 0.3) is 0 Å². The van der Waals surface area contributed by atoms with Crippen LogP contribution in [0.3, 0.4) is 0 Å². The summed E-state index contributed by atoms with van der Waals surface area (Å²) in [7, 11) is 0.371. The van der Waals surface area contributed by atoms with Crippen molar-refractivity contribution in [1.82, 2.24) is 0 Å². The fourth-order valence-electron chi connectivity index (χ4n) is 2.09. The summed E-state index contributed by atoms with van der Waals surface area (Å²) in [5, 5.41) is 0. The maximum Gasteiger partial charge on any atom is 0.500 e. The molecule has 0 aromatic rings. The number of hydrogen-bond donors (Lipinski definition) is 0. The molecule has 6 nitrogen and oxygen atoms in total. The van der Waals surface area contributed by atoms with E-state index in [1.165, 1.54) is 0 Å². The third kappa shape index (κ3) is 10.6. The monoisotopic (exact) mass is 370 g/mol. The average Bonchev–Trinajstić information content (AvgIpc) is 2.54. The van der Waals surface area contributed by atoms with Crippen molar-refractivity contribution < 1.29 is 26.6 Å². The Morgan fingerprint density at radius 1 is 0.652 bits per heavy atom. The predicted octanol–water partition coefficient (Wildman–Crippen LogP) is 3.58. The second kappa shape index (κ2) is 14.5. The molecule has 0 aromatic heterocycles. The third-order valence-electron chi connectivity index (χ3n) is 3.12. The fraction of sp³-hybridized carbons (Fsp3) is 1.00. The van der Waals surface area contributed by atoms with Crippen LogP contribution < -0.4 is 0 Å². The Bertz CT molecular complexity index is 237. The lowest BCUT2D eigenvalue weighted by Gasteiger charge is -2.26. The van der Waals surface area contributed by atoms with Crippen LogP contribution in [0.4, 0.5) is 0 Å².